The zero-order valence-electron chi connectivity index (χ0n) is 23.1. The number of para-hydroxylation sites is 1. The van der Waals surface area contributed by atoms with E-state index in [1.807, 2.05) is 26.0 Å². The summed E-state index contributed by atoms with van der Waals surface area (Å²) in [7, 11) is 0. The molecule has 9 rings (SSSR count). The van der Waals surface area contributed by atoms with E-state index < -0.39 is 0 Å². The third-order valence-corrected chi connectivity index (χ3v) is 8.66. The predicted molar refractivity (Wildman–Crippen MR) is 171 cm³/mol. The molecule has 0 aliphatic heterocycles. The lowest BCUT2D eigenvalue weighted by Gasteiger charge is -2.30. The molecule has 0 saturated carbocycles. The van der Waals surface area contributed by atoms with Crippen LogP contribution in [-0.2, 0) is 5.41 Å². The highest BCUT2D eigenvalue weighted by molar-refractivity contribution is 6.06. The summed E-state index contributed by atoms with van der Waals surface area (Å²) in [4.78, 5) is 0. The van der Waals surface area contributed by atoms with Gasteiger partial charge in [-0.2, -0.15) is 0 Å². The predicted octanol–water partition coefficient (Wildman–Crippen LogP) is 10.7. The van der Waals surface area contributed by atoms with Crippen molar-refractivity contribution in [3.8, 4) is 22.3 Å². The van der Waals surface area contributed by atoms with Crippen LogP contribution in [0.4, 0.5) is 11.4 Å². The fraction of sp³-hybridized carbons (Fsp3) is 0.0769. The minimum atomic E-state index is -0.332. The molecule has 41 heavy (non-hydrogen) atoms. The monoisotopic (exact) mass is 527 g/mol. The normalized spacial score (nSPS) is 13.3. The molecule has 2 aliphatic carbocycles. The number of nitrogens with one attached hydrogen (secondary N) is 1. The Labute approximate surface area is 239 Å². The van der Waals surface area contributed by atoms with Crippen molar-refractivity contribution in [3.05, 3.63) is 156 Å². The van der Waals surface area contributed by atoms with E-state index in [0.29, 0.717) is 0 Å². The molecule has 0 radical (unpaired) electrons. The Morgan fingerprint density at radius 2 is 0.927 bits per heavy atom. The van der Waals surface area contributed by atoms with E-state index in [1.165, 1.54) is 44.5 Å². The van der Waals surface area contributed by atoms with E-state index in [0.717, 1.165) is 33.3 Å². The van der Waals surface area contributed by atoms with Gasteiger partial charge in [-0.15, -0.1) is 0 Å². The fourth-order valence-electron chi connectivity index (χ4n) is 7.14. The molecular formula is C39H29NO. The molecule has 2 heteroatoms. The van der Waals surface area contributed by atoms with Gasteiger partial charge in [0.15, 0.2) is 0 Å². The van der Waals surface area contributed by atoms with Crippen molar-refractivity contribution >= 4 is 33.3 Å². The lowest BCUT2D eigenvalue weighted by atomic mass is 9.70. The molecule has 1 aromatic heterocycles. The van der Waals surface area contributed by atoms with Gasteiger partial charge in [-0.3, -0.25) is 0 Å². The van der Waals surface area contributed by atoms with Crippen LogP contribution in [0.1, 0.15) is 36.1 Å². The van der Waals surface area contributed by atoms with Crippen LogP contribution in [0.3, 0.4) is 0 Å². The van der Waals surface area contributed by atoms with Gasteiger partial charge in [0.1, 0.15) is 11.2 Å². The molecule has 7 aromatic rings. The average Bonchev–Trinajstić information content (AvgIpc) is 3.66. The van der Waals surface area contributed by atoms with Gasteiger partial charge in [-0.05, 0) is 80.9 Å². The molecule has 1 heterocycles. The molecule has 6 aromatic carbocycles. The van der Waals surface area contributed by atoms with Crippen molar-refractivity contribution in [2.24, 2.45) is 0 Å². The maximum atomic E-state index is 6.06. The van der Waals surface area contributed by atoms with Gasteiger partial charge < -0.3 is 9.73 Å². The van der Waals surface area contributed by atoms with Crippen molar-refractivity contribution in [1.29, 1.82) is 0 Å². The topological polar surface area (TPSA) is 25.2 Å². The van der Waals surface area contributed by atoms with Gasteiger partial charge in [0, 0.05) is 22.1 Å². The lowest BCUT2D eigenvalue weighted by Crippen LogP contribution is -2.25. The second-order valence-corrected chi connectivity index (χ2v) is 10.6. The van der Waals surface area contributed by atoms with E-state index >= 15 is 0 Å². The van der Waals surface area contributed by atoms with Crippen molar-refractivity contribution in [2.75, 3.05) is 5.32 Å². The van der Waals surface area contributed by atoms with E-state index in [4.69, 9.17) is 4.42 Å². The van der Waals surface area contributed by atoms with Gasteiger partial charge in [0.2, 0.25) is 0 Å². The first-order valence-corrected chi connectivity index (χ1v) is 14.4. The molecule has 0 bridgehead atoms. The van der Waals surface area contributed by atoms with Gasteiger partial charge in [-0.25, -0.2) is 0 Å². The largest absolute Gasteiger partial charge is 0.456 e. The summed E-state index contributed by atoms with van der Waals surface area (Å²) in [6.45, 7) is 4.00. The van der Waals surface area contributed by atoms with E-state index in [9.17, 15) is 0 Å². The first kappa shape index (κ1) is 23.8. The van der Waals surface area contributed by atoms with Crippen LogP contribution in [0.5, 0.6) is 0 Å². The van der Waals surface area contributed by atoms with Gasteiger partial charge in [-0.1, -0.05) is 111 Å². The quantitative estimate of drug-likeness (QED) is 0.242. The second kappa shape index (κ2) is 8.97. The van der Waals surface area contributed by atoms with Crippen LogP contribution < -0.4 is 5.32 Å². The second-order valence-electron chi connectivity index (χ2n) is 10.6. The molecule has 0 saturated heterocycles. The molecule has 0 atom stereocenters. The maximum Gasteiger partial charge on any atom is 0.135 e. The molecule has 0 amide bonds. The third kappa shape index (κ3) is 3.19. The first-order valence-electron chi connectivity index (χ1n) is 14.4. The highest BCUT2D eigenvalue weighted by Gasteiger charge is 2.51. The van der Waals surface area contributed by atoms with Crippen LogP contribution in [-0.4, -0.2) is 0 Å². The summed E-state index contributed by atoms with van der Waals surface area (Å²) in [5.74, 6) is 0. The molecule has 1 N–H and O–H groups in total. The number of furan rings is 1. The Bertz CT molecular complexity index is 2050. The van der Waals surface area contributed by atoms with Crippen LogP contribution in [0.2, 0.25) is 0 Å². The van der Waals surface area contributed by atoms with E-state index in [2.05, 4.69) is 127 Å². The summed E-state index contributed by atoms with van der Waals surface area (Å²) in [6.07, 6.45) is 0. The zero-order valence-corrected chi connectivity index (χ0v) is 23.1. The highest BCUT2D eigenvalue weighted by atomic mass is 16.3. The Kier molecular flexibility index (Phi) is 5.20. The Balaban J connectivity index is 0.00000125. The van der Waals surface area contributed by atoms with E-state index in [1.54, 1.807) is 0 Å². The highest BCUT2D eigenvalue weighted by Crippen LogP contribution is 2.62. The zero-order chi connectivity index (χ0) is 27.6. The summed E-state index contributed by atoms with van der Waals surface area (Å²) in [5.41, 5.74) is 14.3. The summed E-state index contributed by atoms with van der Waals surface area (Å²) >= 11 is 0. The average molecular weight is 528 g/mol. The minimum Gasteiger partial charge on any atom is -0.456 e. The Hall–Kier alpha value is -5.08. The molecule has 2 nitrogen and oxygen atoms in total. The molecule has 0 unspecified atom stereocenters. The van der Waals surface area contributed by atoms with Crippen LogP contribution in [0.15, 0.2) is 138 Å². The first-order chi connectivity index (χ1) is 20.3. The van der Waals surface area contributed by atoms with Gasteiger partial charge >= 0.3 is 0 Å². The number of rotatable bonds is 2. The van der Waals surface area contributed by atoms with Crippen LogP contribution >= 0.6 is 0 Å². The number of fused-ring (bicyclic) bond motifs is 13. The Morgan fingerprint density at radius 1 is 0.439 bits per heavy atom. The molecular weight excluding hydrogens is 498 g/mol. The molecule has 196 valence electrons. The smallest absolute Gasteiger partial charge is 0.135 e. The fourth-order valence-corrected chi connectivity index (χ4v) is 7.14. The summed E-state index contributed by atoms with van der Waals surface area (Å²) in [5, 5.41) is 5.98. The van der Waals surface area contributed by atoms with Crippen molar-refractivity contribution in [1.82, 2.24) is 0 Å². The van der Waals surface area contributed by atoms with Gasteiger partial charge in [0.25, 0.3) is 0 Å². The number of hydrogen-bond donors (Lipinski definition) is 1. The number of anilines is 2. The van der Waals surface area contributed by atoms with Crippen molar-refractivity contribution in [3.63, 3.8) is 0 Å². The standard InChI is InChI=1S/C37H23NO.C2H6/c1-5-13-31-25(9-1)26-10-2-6-14-32(26)37(31)33-15-7-3-11-27(33)28-19-17-24(22-34(28)37)38-23-18-20-36-30(21-23)29-12-4-8-16-35(29)39-36;1-2/h1-22,38H;1-2H3. The minimum absolute atomic E-state index is 0.332. The van der Waals surface area contributed by atoms with Crippen LogP contribution in [0, 0.1) is 0 Å². The molecule has 2 aliphatic rings. The SMILES string of the molecule is CC.c1ccc2c(c1)-c1ccccc1C21c2ccccc2-c2ccc(Nc3ccc4oc5ccccc5c4c3)cc21. The van der Waals surface area contributed by atoms with Crippen molar-refractivity contribution in [2.45, 2.75) is 19.3 Å². The van der Waals surface area contributed by atoms with Crippen molar-refractivity contribution < 1.29 is 4.42 Å². The van der Waals surface area contributed by atoms with E-state index in [-0.39, 0.29) is 5.41 Å². The molecule has 1 spiro atoms. The number of hydrogen-bond acceptors (Lipinski definition) is 2. The van der Waals surface area contributed by atoms with Crippen LogP contribution in [0.25, 0.3) is 44.2 Å². The maximum absolute atomic E-state index is 6.06. The Morgan fingerprint density at radius 3 is 1.59 bits per heavy atom. The summed E-state index contributed by atoms with van der Waals surface area (Å²) < 4.78 is 6.06. The summed E-state index contributed by atoms with van der Waals surface area (Å²) in [6, 6.07) is 48.2. The third-order valence-electron chi connectivity index (χ3n) is 8.66. The van der Waals surface area contributed by atoms with Gasteiger partial charge in [0.05, 0.1) is 5.41 Å². The number of benzene rings is 6. The molecule has 0 fully saturated rings. The lowest BCUT2D eigenvalue weighted by molar-refractivity contribution is 0.669.